The molecule has 0 unspecified atom stereocenters. The molecule has 0 aliphatic heterocycles. The van der Waals surface area contributed by atoms with Gasteiger partial charge in [0.15, 0.2) is 0 Å². The van der Waals surface area contributed by atoms with Crippen LogP contribution in [0.15, 0.2) is 24.3 Å². The summed E-state index contributed by atoms with van der Waals surface area (Å²) >= 11 is 0. The zero-order valence-electron chi connectivity index (χ0n) is 10.6. The van der Waals surface area contributed by atoms with Crippen molar-refractivity contribution in [3.8, 4) is 0 Å². The van der Waals surface area contributed by atoms with Crippen LogP contribution in [0.2, 0.25) is 0 Å². The highest BCUT2D eigenvalue weighted by molar-refractivity contribution is 5.78. The standard InChI is InChI=1S/C14H19FN2O/c1-16-9-14(6-7-14)10-17-13(18)8-11-2-4-12(15)5-3-11/h2-5,16H,6-10H2,1H3,(H,17,18). The molecule has 18 heavy (non-hydrogen) atoms. The van der Waals surface area contributed by atoms with Gasteiger partial charge in [0.25, 0.3) is 0 Å². The molecule has 0 radical (unpaired) electrons. The van der Waals surface area contributed by atoms with Crippen LogP contribution in [0.25, 0.3) is 0 Å². The summed E-state index contributed by atoms with van der Waals surface area (Å²) in [7, 11) is 1.93. The molecular weight excluding hydrogens is 231 g/mol. The van der Waals surface area contributed by atoms with Crippen molar-refractivity contribution in [2.24, 2.45) is 5.41 Å². The molecule has 0 aromatic heterocycles. The highest BCUT2D eigenvalue weighted by Gasteiger charge is 2.41. The number of amides is 1. The molecule has 4 heteroatoms. The lowest BCUT2D eigenvalue weighted by molar-refractivity contribution is -0.120. The first-order chi connectivity index (χ1) is 8.63. The van der Waals surface area contributed by atoms with Gasteiger partial charge in [0.1, 0.15) is 5.82 Å². The molecule has 1 aliphatic rings. The fourth-order valence-corrected chi connectivity index (χ4v) is 2.10. The molecule has 1 fully saturated rings. The van der Waals surface area contributed by atoms with Crippen LogP contribution >= 0.6 is 0 Å². The van der Waals surface area contributed by atoms with Crippen molar-refractivity contribution in [1.82, 2.24) is 10.6 Å². The average Bonchev–Trinajstić information content (AvgIpc) is 3.11. The fraction of sp³-hybridized carbons (Fsp3) is 0.500. The number of hydrogen-bond acceptors (Lipinski definition) is 2. The van der Waals surface area contributed by atoms with E-state index in [1.165, 1.54) is 25.0 Å². The van der Waals surface area contributed by atoms with Crippen LogP contribution in [0.3, 0.4) is 0 Å². The van der Waals surface area contributed by atoms with Gasteiger partial charge in [0.05, 0.1) is 6.42 Å². The number of hydrogen-bond donors (Lipinski definition) is 2. The Morgan fingerprint density at radius 3 is 2.50 bits per heavy atom. The van der Waals surface area contributed by atoms with E-state index in [4.69, 9.17) is 0 Å². The van der Waals surface area contributed by atoms with Gasteiger partial charge in [-0.25, -0.2) is 4.39 Å². The van der Waals surface area contributed by atoms with Crippen LogP contribution in [0.5, 0.6) is 0 Å². The predicted molar refractivity (Wildman–Crippen MR) is 68.7 cm³/mol. The molecule has 2 N–H and O–H groups in total. The number of benzene rings is 1. The van der Waals surface area contributed by atoms with Crippen LogP contribution in [0.4, 0.5) is 4.39 Å². The summed E-state index contributed by atoms with van der Waals surface area (Å²) in [6.45, 7) is 1.68. The molecule has 0 bridgehead atoms. The smallest absolute Gasteiger partial charge is 0.224 e. The van der Waals surface area contributed by atoms with E-state index in [0.717, 1.165) is 18.7 Å². The minimum absolute atomic E-state index is 0.00369. The third kappa shape index (κ3) is 3.53. The van der Waals surface area contributed by atoms with Crippen LogP contribution in [0.1, 0.15) is 18.4 Å². The molecule has 1 saturated carbocycles. The van der Waals surface area contributed by atoms with Gasteiger partial charge < -0.3 is 10.6 Å². The Morgan fingerprint density at radius 1 is 1.28 bits per heavy atom. The molecule has 98 valence electrons. The third-order valence-corrected chi connectivity index (χ3v) is 3.45. The molecule has 0 heterocycles. The lowest BCUT2D eigenvalue weighted by Crippen LogP contribution is -2.35. The second kappa shape index (κ2) is 5.48. The van der Waals surface area contributed by atoms with Crippen LogP contribution in [-0.2, 0) is 11.2 Å². The number of halogens is 1. The van der Waals surface area contributed by atoms with Crippen molar-refractivity contribution < 1.29 is 9.18 Å². The summed E-state index contributed by atoms with van der Waals surface area (Å²) in [4.78, 5) is 11.8. The second-order valence-corrected chi connectivity index (χ2v) is 5.11. The maximum absolute atomic E-state index is 12.7. The Balaban J connectivity index is 1.77. The molecule has 0 saturated heterocycles. The Labute approximate surface area is 107 Å². The maximum Gasteiger partial charge on any atom is 0.224 e. The van der Waals surface area contributed by atoms with Crippen molar-refractivity contribution in [2.75, 3.05) is 20.1 Å². The first-order valence-electron chi connectivity index (χ1n) is 6.29. The first-order valence-corrected chi connectivity index (χ1v) is 6.29. The predicted octanol–water partition coefficient (Wildman–Crippen LogP) is 1.48. The molecule has 3 nitrogen and oxygen atoms in total. The van der Waals surface area contributed by atoms with Crippen molar-refractivity contribution in [3.63, 3.8) is 0 Å². The van der Waals surface area contributed by atoms with Gasteiger partial charge in [-0.3, -0.25) is 4.79 Å². The lowest BCUT2D eigenvalue weighted by atomic mass is 10.1. The summed E-state index contributed by atoms with van der Waals surface area (Å²) in [5.74, 6) is -0.269. The van der Waals surface area contributed by atoms with E-state index >= 15 is 0 Å². The number of rotatable bonds is 6. The van der Waals surface area contributed by atoms with E-state index in [-0.39, 0.29) is 17.1 Å². The zero-order chi connectivity index (χ0) is 13.0. The monoisotopic (exact) mass is 250 g/mol. The highest BCUT2D eigenvalue weighted by atomic mass is 19.1. The van der Waals surface area contributed by atoms with Gasteiger partial charge in [-0.05, 0) is 37.6 Å². The highest BCUT2D eigenvalue weighted by Crippen LogP contribution is 2.44. The van der Waals surface area contributed by atoms with Gasteiger partial charge >= 0.3 is 0 Å². The van der Waals surface area contributed by atoms with Crippen LogP contribution in [0, 0.1) is 11.2 Å². The molecule has 0 atom stereocenters. The minimum Gasteiger partial charge on any atom is -0.355 e. The molecule has 1 aromatic carbocycles. The first kappa shape index (κ1) is 13.0. The zero-order valence-corrected chi connectivity index (χ0v) is 10.6. The maximum atomic E-state index is 12.7. The summed E-state index contributed by atoms with van der Waals surface area (Å²) in [6, 6.07) is 6.06. The number of carbonyl (C=O) groups is 1. The van der Waals surface area contributed by atoms with Gasteiger partial charge in [-0.2, -0.15) is 0 Å². The Morgan fingerprint density at radius 2 is 1.94 bits per heavy atom. The molecule has 2 rings (SSSR count). The molecule has 1 aliphatic carbocycles. The molecule has 1 aromatic rings. The van der Waals surface area contributed by atoms with Gasteiger partial charge in [0.2, 0.25) is 5.91 Å². The molecule has 1 amide bonds. The van der Waals surface area contributed by atoms with E-state index in [1.807, 2.05) is 7.05 Å². The summed E-state index contributed by atoms with van der Waals surface area (Å²) in [5, 5.41) is 6.12. The van der Waals surface area contributed by atoms with Crippen molar-refractivity contribution in [2.45, 2.75) is 19.3 Å². The average molecular weight is 250 g/mol. The number of carbonyl (C=O) groups excluding carboxylic acids is 1. The molecule has 0 spiro atoms. The number of nitrogens with one attached hydrogen (secondary N) is 2. The van der Waals surface area contributed by atoms with Crippen LogP contribution in [-0.4, -0.2) is 26.0 Å². The van der Waals surface area contributed by atoms with E-state index in [9.17, 15) is 9.18 Å². The summed E-state index contributed by atoms with van der Waals surface area (Å²) in [6.07, 6.45) is 2.66. The lowest BCUT2D eigenvalue weighted by Gasteiger charge is -2.15. The summed E-state index contributed by atoms with van der Waals surface area (Å²) in [5.41, 5.74) is 1.11. The van der Waals surface area contributed by atoms with Crippen LogP contribution < -0.4 is 10.6 Å². The normalized spacial score (nSPS) is 16.3. The van der Waals surface area contributed by atoms with Crippen molar-refractivity contribution in [3.05, 3.63) is 35.6 Å². The van der Waals surface area contributed by atoms with E-state index in [2.05, 4.69) is 10.6 Å². The fourth-order valence-electron chi connectivity index (χ4n) is 2.10. The minimum atomic E-state index is -0.273. The van der Waals surface area contributed by atoms with Crippen molar-refractivity contribution in [1.29, 1.82) is 0 Å². The van der Waals surface area contributed by atoms with E-state index in [1.54, 1.807) is 12.1 Å². The second-order valence-electron chi connectivity index (χ2n) is 5.11. The van der Waals surface area contributed by atoms with Gasteiger partial charge in [-0.15, -0.1) is 0 Å². The third-order valence-electron chi connectivity index (χ3n) is 3.45. The SMILES string of the molecule is CNCC1(CNC(=O)Cc2ccc(F)cc2)CC1. The topological polar surface area (TPSA) is 41.1 Å². The Kier molecular flexibility index (Phi) is 3.97. The van der Waals surface area contributed by atoms with Crippen molar-refractivity contribution >= 4 is 5.91 Å². The quantitative estimate of drug-likeness (QED) is 0.803. The van der Waals surface area contributed by atoms with E-state index in [0.29, 0.717) is 6.42 Å². The Bertz CT molecular complexity index is 412. The Hall–Kier alpha value is -1.42. The van der Waals surface area contributed by atoms with Gasteiger partial charge in [-0.1, -0.05) is 12.1 Å². The van der Waals surface area contributed by atoms with Gasteiger partial charge in [0, 0.05) is 18.5 Å². The molecular formula is C14H19FN2O. The van der Waals surface area contributed by atoms with E-state index < -0.39 is 0 Å². The summed E-state index contributed by atoms with van der Waals surface area (Å²) < 4.78 is 12.7. The largest absolute Gasteiger partial charge is 0.355 e.